The molecule has 0 bridgehead atoms. The first-order chi connectivity index (χ1) is 20.9. The van der Waals surface area contributed by atoms with E-state index in [1.165, 1.54) is 57.5 Å². The number of hydrogen-bond acceptors (Lipinski definition) is 5. The van der Waals surface area contributed by atoms with Gasteiger partial charge in [0.05, 0.1) is 30.4 Å². The molecule has 0 saturated carbocycles. The minimum absolute atomic E-state index is 0.00198. The molecule has 0 saturated heterocycles. The molecule has 11 heteroatoms. The number of esters is 1. The quantitative estimate of drug-likeness (QED) is 0.124. The van der Waals surface area contributed by atoms with E-state index in [-0.39, 0.29) is 22.8 Å². The Morgan fingerprint density at radius 1 is 0.864 bits per heavy atom. The van der Waals surface area contributed by atoms with Crippen LogP contribution in [0.2, 0.25) is 5.02 Å². The minimum Gasteiger partial charge on any atom is -0.496 e. The molecule has 4 aromatic carbocycles. The van der Waals surface area contributed by atoms with Crippen LogP contribution in [0.15, 0.2) is 84.9 Å². The van der Waals surface area contributed by atoms with Crippen molar-refractivity contribution in [2.24, 2.45) is 0 Å². The number of methoxy groups -OCH3 is 2. The van der Waals surface area contributed by atoms with E-state index >= 15 is 0 Å². The third kappa shape index (κ3) is 8.67. The van der Waals surface area contributed by atoms with Gasteiger partial charge in [0.15, 0.2) is 0 Å². The number of hydrogen-bond donors (Lipinski definition) is 1. The minimum atomic E-state index is -4.47. The van der Waals surface area contributed by atoms with Gasteiger partial charge in [-0.15, -0.1) is 0 Å². The summed E-state index contributed by atoms with van der Waals surface area (Å²) in [5.74, 6) is -1.62. The Kier molecular flexibility index (Phi) is 11.6. The summed E-state index contributed by atoms with van der Waals surface area (Å²) >= 11 is 5.89. The van der Waals surface area contributed by atoms with Gasteiger partial charge < -0.3 is 19.6 Å². The summed E-state index contributed by atoms with van der Waals surface area (Å²) in [5, 5.41) is 2.67. The van der Waals surface area contributed by atoms with Crippen molar-refractivity contribution >= 4 is 29.8 Å². The predicted octanol–water partition coefficient (Wildman–Crippen LogP) is 7.56. The molecule has 0 aromatic heterocycles. The van der Waals surface area contributed by atoms with Gasteiger partial charge in [0.1, 0.15) is 23.9 Å². The Morgan fingerprint density at radius 2 is 1.39 bits per heavy atom. The second-order valence-corrected chi connectivity index (χ2v) is 9.71. The van der Waals surface area contributed by atoms with Gasteiger partial charge in [-0.3, -0.25) is 4.79 Å². The average Bonchev–Trinajstić information content (AvgIpc) is 3.01. The largest absolute Gasteiger partial charge is 0.496 e. The summed E-state index contributed by atoms with van der Waals surface area (Å²) in [5.41, 5.74) is 2.44. The van der Waals surface area contributed by atoms with Crippen molar-refractivity contribution in [1.82, 2.24) is 5.32 Å². The highest BCUT2D eigenvalue weighted by Crippen LogP contribution is 2.32. The van der Waals surface area contributed by atoms with Crippen LogP contribution in [0.25, 0.3) is 22.3 Å². The maximum absolute atomic E-state index is 13.5. The number of nitrogens with one attached hydrogen (secondary N) is 1. The van der Waals surface area contributed by atoms with E-state index in [1.807, 2.05) is 0 Å². The predicted molar refractivity (Wildman–Crippen MR) is 159 cm³/mol. The van der Waals surface area contributed by atoms with Crippen molar-refractivity contribution in [2.75, 3.05) is 14.2 Å². The molecule has 0 aliphatic heterocycles. The Balaban J connectivity index is 0.00000169. The number of ether oxygens (including phenoxy) is 2. The van der Waals surface area contributed by atoms with E-state index in [1.54, 1.807) is 36.4 Å². The van der Waals surface area contributed by atoms with Crippen LogP contribution < -0.4 is 10.1 Å². The second kappa shape index (κ2) is 15.2. The zero-order chi connectivity index (χ0) is 32.4. The molecule has 1 N–H and O–H groups in total. The zero-order valence-electron chi connectivity index (χ0n) is 23.9. The highest BCUT2D eigenvalue weighted by molar-refractivity contribution is 6.31. The van der Waals surface area contributed by atoms with E-state index < -0.39 is 35.5 Å². The van der Waals surface area contributed by atoms with Gasteiger partial charge in [-0.1, -0.05) is 60.1 Å². The fourth-order valence-corrected chi connectivity index (χ4v) is 4.41. The number of carbonyl (C=O) groups excluding carboxylic acids is 3. The first-order valence-electron chi connectivity index (χ1n) is 13.1. The summed E-state index contributed by atoms with van der Waals surface area (Å²) in [6.07, 6.45) is -3.62. The molecule has 0 spiro atoms. The van der Waals surface area contributed by atoms with Crippen molar-refractivity contribution in [3.05, 3.63) is 112 Å². The van der Waals surface area contributed by atoms with E-state index in [2.05, 4.69) is 5.32 Å². The third-order valence-corrected chi connectivity index (χ3v) is 6.72. The number of carbonyl (C=O) groups is 3. The second-order valence-electron chi connectivity index (χ2n) is 9.31. The highest BCUT2D eigenvalue weighted by atomic mass is 35.5. The fraction of sp³-hybridized carbons (Fsp3) is 0.182. The van der Waals surface area contributed by atoms with Gasteiger partial charge in [-0.05, 0) is 71.1 Å². The van der Waals surface area contributed by atoms with Gasteiger partial charge in [0, 0.05) is 6.42 Å². The molecule has 0 heterocycles. The molecule has 230 valence electrons. The maximum atomic E-state index is 13.5. The molecule has 0 radical (unpaired) electrons. The van der Waals surface area contributed by atoms with Crippen LogP contribution in [0.5, 0.6) is 5.75 Å². The standard InChI is InChI=1S/C31H24ClF4NO4.C2H4O/c1-40-28-14-10-21(20-7-11-23(12-8-20)31(34,35)36)16-24(28)29(38)37-27(30(39)41-2)15-18-3-5-19(6-4-18)22-9-13-26(33)25(32)17-22;1-2-3/h3-14,16-17,27H,15H2,1-2H3,(H,37,38);2H,1H3/t27-;/m0./s1. The number of alkyl halides is 3. The van der Waals surface area contributed by atoms with Gasteiger partial charge >= 0.3 is 12.1 Å². The van der Waals surface area contributed by atoms with Crippen molar-refractivity contribution in [1.29, 1.82) is 0 Å². The Labute approximate surface area is 256 Å². The molecule has 6 nitrogen and oxygen atoms in total. The molecule has 0 unspecified atom stereocenters. The van der Waals surface area contributed by atoms with E-state index in [0.717, 1.165) is 24.0 Å². The molecule has 4 aromatic rings. The van der Waals surface area contributed by atoms with Crippen LogP contribution in [-0.2, 0) is 26.9 Å². The molecule has 4 rings (SSSR count). The Bertz CT molecular complexity index is 1610. The summed E-state index contributed by atoms with van der Waals surface area (Å²) in [6, 6.07) is 19.6. The topological polar surface area (TPSA) is 81.7 Å². The average molecular weight is 630 g/mol. The van der Waals surface area contributed by atoms with Crippen molar-refractivity contribution in [3.8, 4) is 28.0 Å². The van der Waals surface area contributed by atoms with Crippen LogP contribution in [0, 0.1) is 5.82 Å². The van der Waals surface area contributed by atoms with Gasteiger partial charge in [-0.2, -0.15) is 13.2 Å². The number of rotatable bonds is 8. The molecule has 1 amide bonds. The first-order valence-corrected chi connectivity index (χ1v) is 13.5. The summed E-state index contributed by atoms with van der Waals surface area (Å²) < 4.78 is 62.6. The van der Waals surface area contributed by atoms with Crippen LogP contribution in [0.1, 0.15) is 28.4 Å². The Morgan fingerprint density at radius 3 is 1.91 bits per heavy atom. The molecular weight excluding hydrogens is 602 g/mol. The van der Waals surface area contributed by atoms with Crippen LogP contribution >= 0.6 is 11.6 Å². The lowest BCUT2D eigenvalue weighted by Crippen LogP contribution is -2.43. The van der Waals surface area contributed by atoms with E-state index in [0.29, 0.717) is 22.3 Å². The molecular formula is C33H28ClF4NO5. The molecule has 0 aliphatic rings. The van der Waals surface area contributed by atoms with E-state index in [4.69, 9.17) is 25.9 Å². The van der Waals surface area contributed by atoms with Crippen molar-refractivity contribution in [2.45, 2.75) is 25.6 Å². The molecule has 1 atom stereocenters. The number of aldehydes is 1. The van der Waals surface area contributed by atoms with E-state index in [9.17, 15) is 27.2 Å². The zero-order valence-corrected chi connectivity index (χ0v) is 24.6. The third-order valence-electron chi connectivity index (χ3n) is 6.43. The van der Waals surface area contributed by atoms with Gasteiger partial charge in [0.2, 0.25) is 0 Å². The maximum Gasteiger partial charge on any atom is 0.416 e. The summed E-state index contributed by atoms with van der Waals surface area (Å²) in [7, 11) is 2.58. The highest BCUT2D eigenvalue weighted by Gasteiger charge is 2.30. The summed E-state index contributed by atoms with van der Waals surface area (Å²) in [4.78, 5) is 34.7. The first kappa shape index (κ1) is 33.8. The molecule has 0 aliphatic carbocycles. The smallest absolute Gasteiger partial charge is 0.416 e. The number of benzene rings is 4. The summed E-state index contributed by atoms with van der Waals surface area (Å²) in [6.45, 7) is 1.44. The molecule has 0 fully saturated rings. The number of amides is 1. The van der Waals surface area contributed by atoms with Crippen molar-refractivity contribution < 1.29 is 41.4 Å². The number of halogens is 5. The lowest BCUT2D eigenvalue weighted by Gasteiger charge is -2.18. The van der Waals surface area contributed by atoms with Gasteiger partial charge in [-0.25, -0.2) is 9.18 Å². The normalized spacial score (nSPS) is 11.5. The fourth-order valence-electron chi connectivity index (χ4n) is 4.23. The monoisotopic (exact) mass is 629 g/mol. The lowest BCUT2D eigenvalue weighted by atomic mass is 9.99. The van der Waals surface area contributed by atoms with Crippen LogP contribution in [0.3, 0.4) is 0 Å². The Hall–Kier alpha value is -4.70. The molecule has 44 heavy (non-hydrogen) atoms. The van der Waals surface area contributed by atoms with Crippen LogP contribution in [0.4, 0.5) is 17.6 Å². The SMILES string of the molecule is CC=O.COC(=O)[C@H](Cc1ccc(-c2ccc(F)c(Cl)c2)cc1)NC(=O)c1cc(-c2ccc(C(F)(F)F)cc2)ccc1OC. The van der Waals surface area contributed by atoms with Crippen LogP contribution in [-0.4, -0.2) is 38.4 Å². The van der Waals surface area contributed by atoms with Crippen molar-refractivity contribution in [3.63, 3.8) is 0 Å². The lowest BCUT2D eigenvalue weighted by molar-refractivity contribution is -0.143. The van der Waals surface area contributed by atoms with Gasteiger partial charge in [0.25, 0.3) is 5.91 Å².